The first kappa shape index (κ1) is 17.2. The molecule has 0 saturated carbocycles. The Morgan fingerprint density at radius 1 is 1.04 bits per heavy atom. The van der Waals surface area contributed by atoms with Gasteiger partial charge in [-0.2, -0.15) is 0 Å². The van der Waals surface area contributed by atoms with Gasteiger partial charge < -0.3 is 5.32 Å². The standard InChI is InChI=1S/C18H21NO3S/c1-18(2,13-14-8-5-4-6-9-14)19-17(20)15-10-7-11-16(12-15)23(3,21)22/h4-12H,13H2,1-3H3,(H,19,20). The number of nitrogens with one attached hydrogen (secondary N) is 1. The molecule has 0 aromatic heterocycles. The van der Waals surface area contributed by atoms with E-state index in [0.29, 0.717) is 12.0 Å². The van der Waals surface area contributed by atoms with E-state index in [4.69, 9.17) is 0 Å². The molecule has 0 aliphatic rings. The maximum Gasteiger partial charge on any atom is 0.251 e. The molecule has 4 nitrogen and oxygen atoms in total. The van der Waals surface area contributed by atoms with Crippen molar-refractivity contribution in [3.05, 3.63) is 65.7 Å². The van der Waals surface area contributed by atoms with Gasteiger partial charge in [0, 0.05) is 17.4 Å². The van der Waals surface area contributed by atoms with Gasteiger partial charge in [-0.25, -0.2) is 8.42 Å². The van der Waals surface area contributed by atoms with E-state index in [1.54, 1.807) is 12.1 Å². The van der Waals surface area contributed by atoms with Crippen LogP contribution in [0.2, 0.25) is 0 Å². The van der Waals surface area contributed by atoms with Gasteiger partial charge in [-0.05, 0) is 44.0 Å². The fourth-order valence-corrected chi connectivity index (χ4v) is 3.06. The molecule has 0 aliphatic carbocycles. The van der Waals surface area contributed by atoms with Gasteiger partial charge in [0.05, 0.1) is 4.90 Å². The Kier molecular flexibility index (Phi) is 4.90. The van der Waals surface area contributed by atoms with Gasteiger partial charge in [-0.3, -0.25) is 4.79 Å². The van der Waals surface area contributed by atoms with Crippen LogP contribution in [0.5, 0.6) is 0 Å². The number of hydrogen-bond donors (Lipinski definition) is 1. The Morgan fingerprint density at radius 2 is 1.70 bits per heavy atom. The van der Waals surface area contributed by atoms with Gasteiger partial charge in [-0.15, -0.1) is 0 Å². The lowest BCUT2D eigenvalue weighted by Gasteiger charge is -2.26. The first-order valence-corrected chi connectivity index (χ1v) is 9.23. The fourth-order valence-electron chi connectivity index (χ4n) is 2.40. The Balaban J connectivity index is 2.15. The van der Waals surface area contributed by atoms with Crippen LogP contribution in [0.3, 0.4) is 0 Å². The van der Waals surface area contributed by atoms with Crippen molar-refractivity contribution in [2.45, 2.75) is 30.7 Å². The van der Waals surface area contributed by atoms with Crippen molar-refractivity contribution >= 4 is 15.7 Å². The van der Waals surface area contributed by atoms with Crippen LogP contribution < -0.4 is 5.32 Å². The third kappa shape index (κ3) is 4.93. The van der Waals surface area contributed by atoms with Crippen molar-refractivity contribution in [1.82, 2.24) is 5.32 Å². The lowest BCUT2D eigenvalue weighted by Crippen LogP contribution is -2.45. The highest BCUT2D eigenvalue weighted by Crippen LogP contribution is 2.15. The van der Waals surface area contributed by atoms with Gasteiger partial charge in [0.2, 0.25) is 0 Å². The summed E-state index contributed by atoms with van der Waals surface area (Å²) in [6, 6.07) is 16.0. The second kappa shape index (κ2) is 6.54. The SMILES string of the molecule is CC(C)(Cc1ccccc1)NC(=O)c1cccc(S(C)(=O)=O)c1. The van der Waals surface area contributed by atoms with E-state index in [1.165, 1.54) is 12.1 Å². The lowest BCUT2D eigenvalue weighted by molar-refractivity contribution is 0.0913. The van der Waals surface area contributed by atoms with Crippen LogP contribution in [0.15, 0.2) is 59.5 Å². The molecule has 0 radical (unpaired) electrons. The summed E-state index contributed by atoms with van der Waals surface area (Å²) in [6.07, 6.45) is 1.81. The molecular formula is C18H21NO3S. The molecule has 0 aliphatic heterocycles. The zero-order valence-corrected chi connectivity index (χ0v) is 14.4. The molecule has 2 rings (SSSR count). The molecule has 0 bridgehead atoms. The van der Waals surface area contributed by atoms with E-state index in [9.17, 15) is 13.2 Å². The van der Waals surface area contributed by atoms with Crippen molar-refractivity contribution < 1.29 is 13.2 Å². The monoisotopic (exact) mass is 331 g/mol. The highest BCUT2D eigenvalue weighted by atomic mass is 32.2. The fraction of sp³-hybridized carbons (Fsp3) is 0.278. The van der Waals surface area contributed by atoms with Crippen LogP contribution in [-0.4, -0.2) is 26.1 Å². The van der Waals surface area contributed by atoms with Crippen LogP contribution in [0, 0.1) is 0 Å². The maximum atomic E-state index is 12.4. The Hall–Kier alpha value is -2.14. The molecular weight excluding hydrogens is 310 g/mol. The van der Waals surface area contributed by atoms with Gasteiger partial charge in [0.15, 0.2) is 9.84 Å². The van der Waals surface area contributed by atoms with Gasteiger partial charge in [-0.1, -0.05) is 36.4 Å². The summed E-state index contributed by atoms with van der Waals surface area (Å²) in [4.78, 5) is 12.6. The van der Waals surface area contributed by atoms with Crippen molar-refractivity contribution in [2.24, 2.45) is 0 Å². The Morgan fingerprint density at radius 3 is 2.30 bits per heavy atom. The zero-order valence-electron chi connectivity index (χ0n) is 13.5. The summed E-state index contributed by atoms with van der Waals surface area (Å²) < 4.78 is 23.2. The first-order chi connectivity index (χ1) is 10.7. The summed E-state index contributed by atoms with van der Waals surface area (Å²) in [6.45, 7) is 3.89. The molecule has 0 saturated heterocycles. The van der Waals surface area contributed by atoms with E-state index in [0.717, 1.165) is 11.8 Å². The zero-order chi connectivity index (χ0) is 17.1. The third-order valence-corrected chi connectivity index (χ3v) is 4.58. The lowest BCUT2D eigenvalue weighted by atomic mass is 9.94. The predicted octanol–water partition coefficient (Wildman–Crippen LogP) is 2.84. The number of benzene rings is 2. The number of amides is 1. The summed E-state index contributed by atoms with van der Waals surface area (Å²) in [5, 5.41) is 2.97. The molecule has 1 amide bonds. The normalized spacial score (nSPS) is 12.0. The maximum absolute atomic E-state index is 12.4. The number of carbonyl (C=O) groups is 1. The van der Waals surface area contributed by atoms with Gasteiger partial charge in [0.1, 0.15) is 0 Å². The van der Waals surface area contributed by atoms with E-state index >= 15 is 0 Å². The van der Waals surface area contributed by atoms with E-state index in [1.807, 2.05) is 44.2 Å². The van der Waals surface area contributed by atoms with Gasteiger partial charge in [0.25, 0.3) is 5.91 Å². The van der Waals surface area contributed by atoms with Crippen LogP contribution in [0.1, 0.15) is 29.8 Å². The Bertz CT molecular complexity index is 796. The van der Waals surface area contributed by atoms with Crippen molar-refractivity contribution in [3.63, 3.8) is 0 Å². The molecule has 1 N–H and O–H groups in total. The first-order valence-electron chi connectivity index (χ1n) is 7.34. The average Bonchev–Trinajstić information content (AvgIpc) is 2.46. The molecule has 2 aromatic rings. The van der Waals surface area contributed by atoms with E-state index in [-0.39, 0.29) is 10.8 Å². The molecule has 5 heteroatoms. The van der Waals surface area contributed by atoms with Crippen molar-refractivity contribution in [1.29, 1.82) is 0 Å². The van der Waals surface area contributed by atoms with Crippen LogP contribution in [0.25, 0.3) is 0 Å². The summed E-state index contributed by atoms with van der Waals surface area (Å²) >= 11 is 0. The van der Waals surface area contributed by atoms with Crippen LogP contribution in [-0.2, 0) is 16.3 Å². The topological polar surface area (TPSA) is 63.2 Å². The number of rotatable bonds is 5. The summed E-state index contributed by atoms with van der Waals surface area (Å²) in [5.74, 6) is -0.281. The Labute approximate surface area is 137 Å². The quantitative estimate of drug-likeness (QED) is 0.916. The molecule has 0 spiro atoms. The second-order valence-electron chi connectivity index (χ2n) is 6.30. The smallest absolute Gasteiger partial charge is 0.251 e. The predicted molar refractivity (Wildman–Crippen MR) is 91.2 cm³/mol. The number of hydrogen-bond acceptors (Lipinski definition) is 3. The van der Waals surface area contributed by atoms with Crippen LogP contribution in [0.4, 0.5) is 0 Å². The molecule has 0 heterocycles. The molecule has 122 valence electrons. The van der Waals surface area contributed by atoms with E-state index < -0.39 is 15.4 Å². The summed E-state index contributed by atoms with van der Waals surface area (Å²) in [5.41, 5.74) is 1.02. The van der Waals surface area contributed by atoms with Crippen molar-refractivity contribution in [3.8, 4) is 0 Å². The van der Waals surface area contributed by atoms with E-state index in [2.05, 4.69) is 5.32 Å². The van der Waals surface area contributed by atoms with Gasteiger partial charge >= 0.3 is 0 Å². The highest BCUT2D eigenvalue weighted by molar-refractivity contribution is 7.90. The second-order valence-corrected chi connectivity index (χ2v) is 8.32. The number of sulfone groups is 1. The molecule has 23 heavy (non-hydrogen) atoms. The molecule has 0 unspecified atom stereocenters. The largest absolute Gasteiger partial charge is 0.347 e. The molecule has 0 atom stereocenters. The van der Waals surface area contributed by atoms with Crippen LogP contribution >= 0.6 is 0 Å². The minimum atomic E-state index is -3.33. The molecule has 0 fully saturated rings. The average molecular weight is 331 g/mol. The minimum Gasteiger partial charge on any atom is -0.347 e. The summed E-state index contributed by atoms with van der Waals surface area (Å²) in [7, 11) is -3.33. The molecule has 2 aromatic carbocycles. The highest BCUT2D eigenvalue weighted by Gasteiger charge is 2.22. The minimum absolute atomic E-state index is 0.144. The third-order valence-electron chi connectivity index (χ3n) is 3.47. The van der Waals surface area contributed by atoms with Crippen molar-refractivity contribution in [2.75, 3.05) is 6.26 Å². The number of carbonyl (C=O) groups excluding carboxylic acids is 1.